The summed E-state index contributed by atoms with van der Waals surface area (Å²) in [6, 6.07) is 11.2. The molecule has 0 saturated carbocycles. The second-order valence-corrected chi connectivity index (χ2v) is 7.61. The number of rotatable bonds is 2. The molecule has 0 bridgehead atoms. The van der Waals surface area contributed by atoms with Crippen LogP contribution in [0, 0.1) is 0 Å². The molecule has 0 atom stereocenters. The van der Waals surface area contributed by atoms with E-state index in [0.29, 0.717) is 16.6 Å². The summed E-state index contributed by atoms with van der Waals surface area (Å²) in [6.07, 6.45) is 0. The fourth-order valence-electron chi connectivity index (χ4n) is 1.79. The third kappa shape index (κ3) is 2.65. The molecule has 1 aromatic carbocycles. The normalized spacial score (nSPS) is 15.9. The number of hydrogen-bond acceptors (Lipinski definition) is 5. The van der Waals surface area contributed by atoms with Gasteiger partial charge in [-0.1, -0.05) is 41.9 Å². The number of hydrogen-bond donors (Lipinski definition) is 2. The van der Waals surface area contributed by atoms with Gasteiger partial charge in [0.05, 0.1) is 10.0 Å². The highest BCUT2D eigenvalue weighted by atomic mass is 35.5. The van der Waals surface area contributed by atoms with Crippen molar-refractivity contribution in [3.8, 4) is 0 Å². The first-order valence-corrected chi connectivity index (χ1v) is 8.37. The lowest BCUT2D eigenvalue weighted by atomic mass is 10.2. The maximum absolute atomic E-state index is 12.0. The Morgan fingerprint density at radius 2 is 2.05 bits per heavy atom. The Balaban J connectivity index is 1.81. The molecule has 1 aliphatic rings. The number of nitrogens with one attached hydrogen (secondary N) is 2. The molecule has 5 nitrogen and oxygen atoms in total. The Kier molecular flexibility index (Phi) is 3.41. The van der Waals surface area contributed by atoms with Crippen LogP contribution in [0.3, 0.4) is 0 Å². The van der Waals surface area contributed by atoms with Crippen LogP contribution >= 0.6 is 22.9 Å². The number of anilines is 1. The molecule has 20 heavy (non-hydrogen) atoms. The Labute approximate surface area is 125 Å². The molecule has 1 aliphatic heterocycles. The Bertz CT molecular complexity index is 769. The summed E-state index contributed by atoms with van der Waals surface area (Å²) < 4.78 is 28.2. The van der Waals surface area contributed by atoms with Gasteiger partial charge in [0.1, 0.15) is 0 Å². The second kappa shape index (κ2) is 5.08. The number of benzene rings is 1. The molecule has 1 aromatic heterocycles. The third-order valence-corrected chi connectivity index (χ3v) is 5.72. The van der Waals surface area contributed by atoms with E-state index in [-0.39, 0.29) is 10.2 Å². The summed E-state index contributed by atoms with van der Waals surface area (Å²) in [5.41, 5.74) is 1.49. The minimum Gasteiger partial charge on any atom is -0.351 e. The van der Waals surface area contributed by atoms with Crippen LogP contribution < -0.4 is 10.6 Å². The van der Waals surface area contributed by atoms with E-state index in [1.807, 2.05) is 30.3 Å². The SMILES string of the molecule is O=S1(=O)N=C(NCc2ccccc2)Nc2cc(Cl)sc21. The molecule has 0 spiro atoms. The zero-order valence-corrected chi connectivity index (χ0v) is 12.5. The Morgan fingerprint density at radius 1 is 1.30 bits per heavy atom. The number of fused-ring (bicyclic) bond motifs is 1. The van der Waals surface area contributed by atoms with Crippen LogP contribution in [-0.4, -0.2) is 14.4 Å². The smallest absolute Gasteiger partial charge is 0.297 e. The molecule has 0 fully saturated rings. The van der Waals surface area contributed by atoms with E-state index in [2.05, 4.69) is 15.0 Å². The van der Waals surface area contributed by atoms with Crippen molar-refractivity contribution in [2.45, 2.75) is 10.8 Å². The van der Waals surface area contributed by atoms with Crippen LogP contribution in [0.15, 0.2) is 45.0 Å². The zero-order valence-electron chi connectivity index (χ0n) is 10.1. The molecule has 104 valence electrons. The van der Waals surface area contributed by atoms with Gasteiger partial charge in [0.2, 0.25) is 5.96 Å². The first-order valence-electron chi connectivity index (χ1n) is 5.74. The average Bonchev–Trinajstić information content (AvgIpc) is 2.79. The fourth-order valence-corrected chi connectivity index (χ4v) is 4.47. The highest BCUT2D eigenvalue weighted by Gasteiger charge is 2.27. The van der Waals surface area contributed by atoms with Gasteiger partial charge in [-0.25, -0.2) is 0 Å². The molecule has 0 radical (unpaired) electrons. The van der Waals surface area contributed by atoms with Crippen LogP contribution in [-0.2, 0) is 16.6 Å². The number of thiophene rings is 1. The molecule has 0 amide bonds. The Hall–Kier alpha value is -1.57. The topological polar surface area (TPSA) is 70.6 Å². The van der Waals surface area contributed by atoms with E-state index >= 15 is 0 Å². The van der Waals surface area contributed by atoms with Crippen molar-refractivity contribution >= 4 is 44.6 Å². The van der Waals surface area contributed by atoms with Crippen LogP contribution in [0.4, 0.5) is 5.69 Å². The minimum atomic E-state index is -3.68. The molecule has 0 saturated heterocycles. The van der Waals surface area contributed by atoms with Crippen molar-refractivity contribution < 1.29 is 8.42 Å². The van der Waals surface area contributed by atoms with Gasteiger partial charge in [-0.05, 0) is 11.6 Å². The molecule has 0 unspecified atom stereocenters. The van der Waals surface area contributed by atoms with Gasteiger partial charge in [-0.15, -0.1) is 15.7 Å². The van der Waals surface area contributed by atoms with Gasteiger partial charge in [0.25, 0.3) is 10.0 Å². The predicted molar refractivity (Wildman–Crippen MR) is 80.9 cm³/mol. The summed E-state index contributed by atoms with van der Waals surface area (Å²) in [5, 5.41) is 5.89. The summed E-state index contributed by atoms with van der Waals surface area (Å²) >= 11 is 6.84. The predicted octanol–water partition coefficient (Wildman–Crippen LogP) is 2.66. The lowest BCUT2D eigenvalue weighted by molar-refractivity contribution is 0.599. The van der Waals surface area contributed by atoms with Gasteiger partial charge in [-0.3, -0.25) is 0 Å². The van der Waals surface area contributed by atoms with Crippen molar-refractivity contribution in [3.05, 3.63) is 46.3 Å². The van der Waals surface area contributed by atoms with Crippen LogP contribution in [0.2, 0.25) is 4.34 Å². The van der Waals surface area contributed by atoms with Gasteiger partial charge < -0.3 is 10.6 Å². The highest BCUT2D eigenvalue weighted by Crippen LogP contribution is 2.37. The van der Waals surface area contributed by atoms with Crippen LogP contribution in [0.1, 0.15) is 5.56 Å². The summed E-state index contributed by atoms with van der Waals surface area (Å²) in [4.78, 5) is 0. The number of halogens is 1. The van der Waals surface area contributed by atoms with Gasteiger partial charge in [0.15, 0.2) is 4.21 Å². The van der Waals surface area contributed by atoms with E-state index in [9.17, 15) is 8.42 Å². The van der Waals surface area contributed by atoms with E-state index < -0.39 is 10.0 Å². The fraction of sp³-hybridized carbons (Fsp3) is 0.0833. The lowest BCUT2D eigenvalue weighted by Gasteiger charge is -2.16. The quantitative estimate of drug-likeness (QED) is 0.889. The van der Waals surface area contributed by atoms with Gasteiger partial charge in [0, 0.05) is 6.54 Å². The molecule has 0 aliphatic carbocycles. The van der Waals surface area contributed by atoms with E-state index in [0.717, 1.165) is 16.9 Å². The maximum Gasteiger partial charge on any atom is 0.297 e. The average molecular weight is 328 g/mol. The van der Waals surface area contributed by atoms with E-state index in [1.165, 1.54) is 0 Å². The van der Waals surface area contributed by atoms with Crippen LogP contribution in [0.5, 0.6) is 0 Å². The third-order valence-electron chi connectivity index (χ3n) is 2.67. The molecular weight excluding hydrogens is 318 g/mol. The van der Waals surface area contributed by atoms with Crippen molar-refractivity contribution in [1.29, 1.82) is 0 Å². The minimum absolute atomic E-state index is 0.146. The highest BCUT2D eigenvalue weighted by molar-refractivity contribution is 7.92. The molecular formula is C12H10ClN3O2S2. The summed E-state index contributed by atoms with van der Waals surface area (Å²) in [6.45, 7) is 0.482. The van der Waals surface area contributed by atoms with Crippen molar-refractivity contribution in [2.75, 3.05) is 5.32 Å². The standard InChI is InChI=1S/C12H10ClN3O2S2/c13-10-6-9-11(19-10)20(17,18)16-12(15-9)14-7-8-4-2-1-3-5-8/h1-6H,7H2,(H2,14,15,16). The summed E-state index contributed by atoms with van der Waals surface area (Å²) in [7, 11) is -3.68. The van der Waals surface area contributed by atoms with Crippen LogP contribution in [0.25, 0.3) is 0 Å². The van der Waals surface area contributed by atoms with E-state index in [4.69, 9.17) is 11.6 Å². The summed E-state index contributed by atoms with van der Waals surface area (Å²) in [5.74, 6) is 0.204. The zero-order chi connectivity index (χ0) is 14.2. The number of nitrogens with zero attached hydrogens (tertiary/aromatic N) is 1. The largest absolute Gasteiger partial charge is 0.351 e. The van der Waals surface area contributed by atoms with Crippen molar-refractivity contribution in [3.63, 3.8) is 0 Å². The first-order chi connectivity index (χ1) is 9.54. The number of sulfonamides is 1. The molecule has 8 heteroatoms. The van der Waals surface area contributed by atoms with E-state index in [1.54, 1.807) is 6.07 Å². The molecule has 2 aromatic rings. The first kappa shape index (κ1) is 13.4. The molecule has 2 heterocycles. The van der Waals surface area contributed by atoms with Gasteiger partial charge >= 0.3 is 0 Å². The lowest BCUT2D eigenvalue weighted by Crippen LogP contribution is -2.33. The molecule has 2 N–H and O–H groups in total. The monoisotopic (exact) mass is 327 g/mol. The van der Waals surface area contributed by atoms with Crippen molar-refractivity contribution in [1.82, 2.24) is 5.32 Å². The maximum atomic E-state index is 12.0. The Morgan fingerprint density at radius 3 is 2.80 bits per heavy atom. The second-order valence-electron chi connectivity index (χ2n) is 4.13. The number of guanidine groups is 1. The van der Waals surface area contributed by atoms with Crippen molar-refractivity contribution in [2.24, 2.45) is 4.40 Å². The van der Waals surface area contributed by atoms with Gasteiger partial charge in [-0.2, -0.15) is 8.42 Å². The molecule has 3 rings (SSSR count).